The van der Waals surface area contributed by atoms with E-state index in [1.165, 1.54) is 44.7 Å². The second-order valence-corrected chi connectivity index (χ2v) is 14.2. The first kappa shape index (κ1) is 38.3. The van der Waals surface area contributed by atoms with Crippen molar-refractivity contribution in [2.75, 3.05) is 41.5 Å². The van der Waals surface area contributed by atoms with Gasteiger partial charge >= 0.3 is 12.0 Å². The number of rotatable bonds is 12. The highest BCUT2D eigenvalue weighted by atomic mass is 35.5. The van der Waals surface area contributed by atoms with E-state index in [0.29, 0.717) is 55.3 Å². The Kier molecular flexibility index (Phi) is 12.6. The Hall–Kier alpha value is -4.49. The molecular formula is C36H44ClN3O9S. The molecule has 12 nitrogen and oxygen atoms in total. The number of nitrogens with zero attached hydrogens (tertiary/aromatic N) is 2. The summed E-state index contributed by atoms with van der Waals surface area (Å²) in [6.45, 7) is 6.74. The van der Waals surface area contributed by atoms with Gasteiger partial charge in [0.15, 0.2) is 0 Å². The standard InChI is InChI=1S/C36H44ClN3O9S/c1-9-26(30-12-13-31(50-30)34(43)49-36(2,3)4)38-35(44)40-20-32(41)39(19-25-28(47-7)16-24(45-5)17-29(25)48-8)18-22(33(40)42)14-21-15-23(37)10-11-27(21)46-6/h10-13,15-17,22,26H,9,14,18-20H2,1-8H3,(H,38,44)/t22-,26+/m1/s1. The second kappa shape index (κ2) is 16.5. The minimum Gasteiger partial charge on any atom is -0.496 e. The van der Waals surface area contributed by atoms with Crippen molar-refractivity contribution < 1.29 is 42.9 Å². The molecule has 0 spiro atoms. The van der Waals surface area contributed by atoms with Crippen molar-refractivity contribution in [1.29, 1.82) is 0 Å². The molecule has 1 aromatic heterocycles. The van der Waals surface area contributed by atoms with Crippen molar-refractivity contribution >= 4 is 46.8 Å². The third kappa shape index (κ3) is 9.19. The molecule has 14 heteroatoms. The summed E-state index contributed by atoms with van der Waals surface area (Å²) in [7, 11) is 6.04. The van der Waals surface area contributed by atoms with E-state index in [-0.39, 0.29) is 19.5 Å². The molecule has 0 aliphatic carbocycles. The number of nitrogens with one attached hydrogen (secondary N) is 1. The molecule has 2 atom stereocenters. The fourth-order valence-electron chi connectivity index (χ4n) is 5.63. The van der Waals surface area contributed by atoms with Crippen molar-refractivity contribution in [3.8, 4) is 23.0 Å². The third-order valence-corrected chi connectivity index (χ3v) is 9.51. The summed E-state index contributed by atoms with van der Waals surface area (Å²) >= 11 is 7.53. The minimum atomic E-state index is -0.851. The van der Waals surface area contributed by atoms with Crippen molar-refractivity contribution in [1.82, 2.24) is 15.1 Å². The lowest BCUT2D eigenvalue weighted by molar-refractivity contribution is -0.135. The van der Waals surface area contributed by atoms with Crippen LogP contribution >= 0.6 is 22.9 Å². The topological polar surface area (TPSA) is 133 Å². The van der Waals surface area contributed by atoms with E-state index >= 15 is 0 Å². The van der Waals surface area contributed by atoms with Gasteiger partial charge in [-0.15, -0.1) is 11.3 Å². The van der Waals surface area contributed by atoms with Crippen molar-refractivity contribution in [3.63, 3.8) is 0 Å². The van der Waals surface area contributed by atoms with Gasteiger partial charge in [0.2, 0.25) is 11.8 Å². The zero-order valence-corrected chi connectivity index (χ0v) is 31.2. The first-order valence-corrected chi connectivity index (χ1v) is 17.2. The van der Waals surface area contributed by atoms with E-state index in [2.05, 4.69) is 5.32 Å². The van der Waals surface area contributed by atoms with Gasteiger partial charge in [0.25, 0.3) is 0 Å². The van der Waals surface area contributed by atoms with Gasteiger partial charge in [0.05, 0.1) is 52.5 Å². The number of thiophene rings is 1. The maximum atomic E-state index is 14.3. The summed E-state index contributed by atoms with van der Waals surface area (Å²) in [4.78, 5) is 58.4. The molecule has 2 heterocycles. The first-order chi connectivity index (χ1) is 23.7. The Bertz CT molecular complexity index is 1700. The second-order valence-electron chi connectivity index (χ2n) is 12.7. The molecule has 1 N–H and O–H groups in total. The van der Waals surface area contributed by atoms with Gasteiger partial charge in [-0.3, -0.25) is 14.5 Å². The van der Waals surface area contributed by atoms with Gasteiger partial charge in [0, 0.05) is 28.6 Å². The Morgan fingerprint density at radius 1 is 0.960 bits per heavy atom. The third-order valence-electron chi connectivity index (χ3n) is 8.10. The average molecular weight is 730 g/mol. The zero-order chi connectivity index (χ0) is 36.7. The molecule has 1 aliphatic rings. The largest absolute Gasteiger partial charge is 0.496 e. The minimum absolute atomic E-state index is 0.0170. The van der Waals surface area contributed by atoms with Gasteiger partial charge in [-0.25, -0.2) is 9.59 Å². The molecule has 0 bridgehead atoms. The number of carbonyl (C=O) groups is 4. The van der Waals surface area contributed by atoms with E-state index < -0.39 is 47.9 Å². The van der Waals surface area contributed by atoms with E-state index in [4.69, 9.17) is 35.3 Å². The number of hydrogen-bond donors (Lipinski definition) is 1. The predicted molar refractivity (Wildman–Crippen MR) is 189 cm³/mol. The molecule has 3 aromatic rings. The number of esters is 1. The molecular weight excluding hydrogens is 686 g/mol. The molecule has 0 saturated carbocycles. The van der Waals surface area contributed by atoms with Crippen LogP contribution in [0.5, 0.6) is 23.0 Å². The molecule has 4 amide bonds. The Labute approximate surface area is 301 Å². The van der Waals surface area contributed by atoms with Crippen LogP contribution in [0.25, 0.3) is 0 Å². The molecule has 270 valence electrons. The molecule has 4 rings (SSSR count). The predicted octanol–water partition coefficient (Wildman–Crippen LogP) is 6.28. The molecule has 1 aliphatic heterocycles. The normalized spacial score (nSPS) is 15.7. The van der Waals surface area contributed by atoms with Crippen LogP contribution in [-0.2, 0) is 27.3 Å². The zero-order valence-electron chi connectivity index (χ0n) is 29.6. The lowest BCUT2D eigenvalue weighted by Crippen LogP contribution is -2.48. The maximum absolute atomic E-state index is 14.3. The van der Waals surface area contributed by atoms with Gasteiger partial charge < -0.3 is 33.9 Å². The molecule has 1 saturated heterocycles. The number of hydrogen-bond acceptors (Lipinski definition) is 10. The summed E-state index contributed by atoms with van der Waals surface area (Å²) in [5, 5.41) is 3.36. The number of methoxy groups -OCH3 is 4. The smallest absolute Gasteiger partial charge is 0.348 e. The summed E-state index contributed by atoms with van der Waals surface area (Å²) in [6.07, 6.45) is 0.594. The molecule has 2 aromatic carbocycles. The van der Waals surface area contributed by atoms with Gasteiger partial charge in [-0.2, -0.15) is 0 Å². The average Bonchev–Trinajstić information content (AvgIpc) is 3.54. The number of carbonyl (C=O) groups excluding carboxylic acids is 4. The van der Waals surface area contributed by atoms with Crippen LogP contribution in [0.3, 0.4) is 0 Å². The molecule has 50 heavy (non-hydrogen) atoms. The SMILES string of the molecule is CC[C@H](NC(=O)N1CC(=O)N(Cc2c(OC)cc(OC)cc2OC)C[C@@H](Cc2cc(Cl)ccc2OC)C1=O)c1ccc(C(=O)OC(C)(C)C)s1. The van der Waals surface area contributed by atoms with Crippen LogP contribution in [0.2, 0.25) is 5.02 Å². The summed E-state index contributed by atoms with van der Waals surface area (Å²) in [5.74, 6) is -0.427. The van der Waals surface area contributed by atoms with E-state index in [1.54, 1.807) is 63.2 Å². The monoisotopic (exact) mass is 729 g/mol. The van der Waals surface area contributed by atoms with Crippen LogP contribution in [0.15, 0.2) is 42.5 Å². The highest BCUT2D eigenvalue weighted by molar-refractivity contribution is 7.14. The molecule has 1 fully saturated rings. The summed E-state index contributed by atoms with van der Waals surface area (Å²) in [5.41, 5.74) is 0.549. The van der Waals surface area contributed by atoms with Gasteiger partial charge in [0.1, 0.15) is 40.0 Å². The highest BCUT2D eigenvalue weighted by Crippen LogP contribution is 2.36. The Balaban J connectivity index is 1.67. The van der Waals surface area contributed by atoms with Crippen molar-refractivity contribution in [3.05, 3.63) is 68.4 Å². The van der Waals surface area contributed by atoms with E-state index in [9.17, 15) is 19.2 Å². The molecule has 0 unspecified atom stereocenters. The fraction of sp³-hybridized carbons (Fsp3) is 0.444. The number of amides is 4. The number of urea groups is 1. The fourth-order valence-corrected chi connectivity index (χ4v) is 6.85. The van der Waals surface area contributed by atoms with Crippen molar-refractivity contribution in [2.45, 2.75) is 58.7 Å². The number of imide groups is 1. The van der Waals surface area contributed by atoms with Crippen LogP contribution < -0.4 is 24.3 Å². The van der Waals surface area contributed by atoms with Gasteiger partial charge in [-0.1, -0.05) is 18.5 Å². The Morgan fingerprint density at radius 2 is 1.62 bits per heavy atom. The molecule has 0 radical (unpaired) electrons. The number of ether oxygens (including phenoxy) is 5. The highest BCUT2D eigenvalue weighted by Gasteiger charge is 2.39. The summed E-state index contributed by atoms with van der Waals surface area (Å²) < 4.78 is 27.7. The lowest BCUT2D eigenvalue weighted by Gasteiger charge is -2.26. The first-order valence-electron chi connectivity index (χ1n) is 16.1. The van der Waals surface area contributed by atoms with Crippen LogP contribution in [0.4, 0.5) is 4.79 Å². The van der Waals surface area contributed by atoms with Crippen LogP contribution in [0.1, 0.15) is 65.8 Å². The van der Waals surface area contributed by atoms with Crippen molar-refractivity contribution in [2.24, 2.45) is 5.92 Å². The number of benzene rings is 2. The Morgan fingerprint density at radius 3 is 2.20 bits per heavy atom. The van der Waals surface area contributed by atoms with Crippen LogP contribution in [0, 0.1) is 5.92 Å². The van der Waals surface area contributed by atoms with E-state index in [1.807, 2.05) is 6.92 Å². The lowest BCUT2D eigenvalue weighted by atomic mass is 9.96. The van der Waals surface area contributed by atoms with E-state index in [0.717, 1.165) is 4.90 Å². The van der Waals surface area contributed by atoms with Gasteiger partial charge in [-0.05, 0) is 69.5 Å². The maximum Gasteiger partial charge on any atom is 0.348 e. The number of halogens is 1. The van der Waals surface area contributed by atoms with Crippen LogP contribution in [-0.4, -0.2) is 80.7 Å². The summed E-state index contributed by atoms with van der Waals surface area (Å²) in [6, 6.07) is 10.6. The quantitative estimate of drug-likeness (QED) is 0.214.